The Morgan fingerprint density at radius 2 is 2.11 bits per heavy atom. The number of methoxy groups -OCH3 is 1. The largest absolute Gasteiger partial charge is 0.495 e. The van der Waals surface area contributed by atoms with Crippen molar-refractivity contribution in [3.63, 3.8) is 0 Å². The molecule has 0 spiro atoms. The Morgan fingerprint density at radius 3 is 2.79 bits per heavy atom. The second-order valence-corrected chi connectivity index (χ2v) is 4.99. The van der Waals surface area contributed by atoms with Gasteiger partial charge in [0.05, 0.1) is 12.5 Å². The third kappa shape index (κ3) is 2.52. The predicted octanol–water partition coefficient (Wildman–Crippen LogP) is 2.43. The van der Waals surface area contributed by atoms with Crippen molar-refractivity contribution >= 4 is 45.1 Å². The van der Waals surface area contributed by atoms with Crippen molar-refractivity contribution in [2.24, 2.45) is 0 Å². The zero-order valence-electron chi connectivity index (χ0n) is 10.5. The fraction of sp³-hybridized carbons (Fsp3) is 0.417. The predicted molar refractivity (Wildman–Crippen MR) is 80.6 cm³/mol. The quantitative estimate of drug-likeness (QED) is 0.903. The maximum atomic E-state index is 5.44. The number of benzene rings is 1. The van der Waals surface area contributed by atoms with Crippen LogP contribution in [0, 0.1) is 0 Å². The van der Waals surface area contributed by atoms with Crippen molar-refractivity contribution in [2.45, 2.75) is 0 Å². The standard InChI is InChI=1S/C12H14BrN3O2.ClH/c1-17-9-3-2-8-11(10(9)13)18-15-12(8)16-6-4-14-5-7-16;/h2-3,14H,4-7H2,1H3;1H. The molecule has 0 atom stereocenters. The molecule has 0 aliphatic carbocycles. The summed E-state index contributed by atoms with van der Waals surface area (Å²) in [6.45, 7) is 3.86. The van der Waals surface area contributed by atoms with E-state index in [4.69, 9.17) is 9.26 Å². The van der Waals surface area contributed by atoms with Gasteiger partial charge in [-0.3, -0.25) is 0 Å². The number of aromatic nitrogens is 1. The first-order valence-electron chi connectivity index (χ1n) is 5.89. The van der Waals surface area contributed by atoms with E-state index in [0.717, 1.165) is 53.2 Å². The fourth-order valence-electron chi connectivity index (χ4n) is 2.20. The molecule has 2 aromatic rings. The minimum absolute atomic E-state index is 0. The Hall–Kier alpha value is -0.980. The van der Waals surface area contributed by atoms with Crippen molar-refractivity contribution < 1.29 is 9.26 Å². The average Bonchev–Trinajstić information content (AvgIpc) is 2.85. The molecule has 0 unspecified atom stereocenters. The minimum atomic E-state index is 0. The van der Waals surface area contributed by atoms with Crippen LogP contribution in [0.5, 0.6) is 5.75 Å². The van der Waals surface area contributed by atoms with Crippen molar-refractivity contribution in [1.29, 1.82) is 0 Å². The van der Waals surface area contributed by atoms with Crippen LogP contribution in [0.15, 0.2) is 21.1 Å². The summed E-state index contributed by atoms with van der Waals surface area (Å²) in [5.41, 5.74) is 0.739. The van der Waals surface area contributed by atoms with Gasteiger partial charge in [-0.25, -0.2) is 0 Å². The lowest BCUT2D eigenvalue weighted by atomic mass is 10.2. The summed E-state index contributed by atoms with van der Waals surface area (Å²) < 4.78 is 11.5. The van der Waals surface area contributed by atoms with Gasteiger partial charge in [0.1, 0.15) is 10.2 Å². The van der Waals surface area contributed by atoms with E-state index >= 15 is 0 Å². The number of anilines is 1. The molecule has 5 nitrogen and oxygen atoms in total. The number of rotatable bonds is 2. The molecule has 1 aromatic carbocycles. The number of hydrogen-bond acceptors (Lipinski definition) is 5. The van der Waals surface area contributed by atoms with Gasteiger partial charge in [0.15, 0.2) is 11.4 Å². The van der Waals surface area contributed by atoms with Crippen LogP contribution >= 0.6 is 28.3 Å². The molecule has 0 amide bonds. The maximum Gasteiger partial charge on any atom is 0.187 e. The van der Waals surface area contributed by atoms with E-state index in [-0.39, 0.29) is 12.4 Å². The molecular weight excluding hydrogens is 334 g/mol. The number of halogens is 2. The molecule has 2 heterocycles. The van der Waals surface area contributed by atoms with E-state index in [0.29, 0.717) is 0 Å². The highest BCUT2D eigenvalue weighted by atomic mass is 79.9. The number of piperazine rings is 1. The highest BCUT2D eigenvalue weighted by molar-refractivity contribution is 9.10. The summed E-state index contributed by atoms with van der Waals surface area (Å²) in [6, 6.07) is 3.92. The van der Waals surface area contributed by atoms with Gasteiger partial charge < -0.3 is 19.5 Å². The van der Waals surface area contributed by atoms with Gasteiger partial charge in [-0.1, -0.05) is 5.16 Å². The lowest BCUT2D eigenvalue weighted by Crippen LogP contribution is -2.43. The third-order valence-electron chi connectivity index (χ3n) is 3.16. The van der Waals surface area contributed by atoms with Crippen LogP contribution in [0.3, 0.4) is 0 Å². The van der Waals surface area contributed by atoms with Gasteiger partial charge in [0, 0.05) is 26.2 Å². The Kier molecular flexibility index (Phi) is 4.54. The van der Waals surface area contributed by atoms with Gasteiger partial charge in [-0.05, 0) is 28.1 Å². The third-order valence-corrected chi connectivity index (χ3v) is 3.91. The van der Waals surface area contributed by atoms with Crippen LogP contribution < -0.4 is 15.0 Å². The smallest absolute Gasteiger partial charge is 0.187 e. The molecule has 1 saturated heterocycles. The summed E-state index contributed by atoms with van der Waals surface area (Å²) in [4.78, 5) is 2.24. The van der Waals surface area contributed by atoms with Gasteiger partial charge in [-0.15, -0.1) is 12.4 Å². The van der Waals surface area contributed by atoms with Crippen molar-refractivity contribution in [3.8, 4) is 5.75 Å². The Labute approximate surface area is 125 Å². The highest BCUT2D eigenvalue weighted by Crippen LogP contribution is 2.37. The van der Waals surface area contributed by atoms with Crippen molar-refractivity contribution in [3.05, 3.63) is 16.6 Å². The summed E-state index contributed by atoms with van der Waals surface area (Å²) >= 11 is 3.49. The topological polar surface area (TPSA) is 50.5 Å². The van der Waals surface area contributed by atoms with E-state index in [2.05, 4.69) is 31.3 Å². The number of fused-ring (bicyclic) bond motifs is 1. The van der Waals surface area contributed by atoms with Gasteiger partial charge in [-0.2, -0.15) is 0 Å². The SMILES string of the molecule is COc1ccc2c(N3CCNCC3)noc2c1Br.Cl. The second kappa shape index (κ2) is 5.98. The number of ether oxygens (including phenoxy) is 1. The summed E-state index contributed by atoms with van der Waals surface area (Å²) in [5.74, 6) is 1.67. The highest BCUT2D eigenvalue weighted by Gasteiger charge is 2.20. The van der Waals surface area contributed by atoms with Crippen LogP contribution in [-0.4, -0.2) is 38.4 Å². The van der Waals surface area contributed by atoms with Crippen LogP contribution in [0.2, 0.25) is 0 Å². The van der Waals surface area contributed by atoms with E-state index in [1.807, 2.05) is 12.1 Å². The van der Waals surface area contributed by atoms with Crippen LogP contribution in [0.4, 0.5) is 5.82 Å². The molecule has 104 valence electrons. The van der Waals surface area contributed by atoms with Gasteiger partial charge in [0.2, 0.25) is 0 Å². The first-order valence-corrected chi connectivity index (χ1v) is 6.68. The number of hydrogen-bond donors (Lipinski definition) is 1. The molecule has 1 aromatic heterocycles. The lowest BCUT2D eigenvalue weighted by Gasteiger charge is -2.27. The molecule has 19 heavy (non-hydrogen) atoms. The molecule has 0 bridgehead atoms. The molecule has 1 aliphatic heterocycles. The molecule has 1 fully saturated rings. The van der Waals surface area contributed by atoms with Crippen LogP contribution in [0.1, 0.15) is 0 Å². The summed E-state index contributed by atoms with van der Waals surface area (Å²) in [6.07, 6.45) is 0. The Balaban J connectivity index is 0.00000133. The molecule has 0 saturated carbocycles. The van der Waals surface area contributed by atoms with E-state index in [1.165, 1.54) is 0 Å². The van der Waals surface area contributed by atoms with Crippen molar-refractivity contribution in [1.82, 2.24) is 10.5 Å². The van der Waals surface area contributed by atoms with Gasteiger partial charge in [0.25, 0.3) is 0 Å². The minimum Gasteiger partial charge on any atom is -0.495 e. The molecule has 7 heteroatoms. The fourth-order valence-corrected chi connectivity index (χ4v) is 2.78. The molecule has 1 N–H and O–H groups in total. The van der Waals surface area contributed by atoms with E-state index < -0.39 is 0 Å². The summed E-state index contributed by atoms with van der Waals surface area (Å²) in [5, 5.41) is 8.54. The van der Waals surface area contributed by atoms with Crippen molar-refractivity contribution in [2.75, 3.05) is 38.2 Å². The molecule has 0 radical (unpaired) electrons. The van der Waals surface area contributed by atoms with Crippen LogP contribution in [0.25, 0.3) is 11.0 Å². The first-order chi connectivity index (χ1) is 8.81. The first kappa shape index (κ1) is 14.4. The van der Waals surface area contributed by atoms with Crippen LogP contribution in [-0.2, 0) is 0 Å². The number of nitrogens with one attached hydrogen (secondary N) is 1. The molecule has 3 rings (SSSR count). The zero-order chi connectivity index (χ0) is 12.5. The molecule has 1 aliphatic rings. The Morgan fingerprint density at radius 1 is 1.37 bits per heavy atom. The monoisotopic (exact) mass is 347 g/mol. The maximum absolute atomic E-state index is 5.44. The van der Waals surface area contributed by atoms with E-state index in [9.17, 15) is 0 Å². The van der Waals surface area contributed by atoms with E-state index in [1.54, 1.807) is 7.11 Å². The normalized spacial score (nSPS) is 15.4. The molecular formula is C12H15BrClN3O2. The van der Waals surface area contributed by atoms with Gasteiger partial charge >= 0.3 is 0 Å². The summed E-state index contributed by atoms with van der Waals surface area (Å²) in [7, 11) is 1.64. The number of nitrogens with zero attached hydrogens (tertiary/aromatic N) is 2. The Bertz CT molecular complexity index is 569. The average molecular weight is 349 g/mol. The lowest BCUT2D eigenvalue weighted by molar-refractivity contribution is 0.408. The zero-order valence-corrected chi connectivity index (χ0v) is 12.9. The second-order valence-electron chi connectivity index (χ2n) is 4.20.